The Morgan fingerprint density at radius 3 is 2.62 bits per heavy atom. The number of aliphatic carboxylic acids is 1. The maximum absolute atomic E-state index is 12.2. The summed E-state index contributed by atoms with van der Waals surface area (Å²) in [6, 6.07) is 8.45. The van der Waals surface area contributed by atoms with E-state index in [1.807, 2.05) is 30.3 Å². The molecule has 0 spiro atoms. The van der Waals surface area contributed by atoms with Gasteiger partial charge in [0.2, 0.25) is 11.8 Å². The molecular formula is C17H22N2O5. The molecule has 1 heterocycles. The zero-order valence-corrected chi connectivity index (χ0v) is 13.6. The molecule has 1 fully saturated rings. The number of methoxy groups -OCH3 is 1. The Bertz CT molecular complexity index is 590. The highest BCUT2D eigenvalue weighted by Gasteiger charge is 2.39. The van der Waals surface area contributed by atoms with Crippen LogP contribution in [0.25, 0.3) is 0 Å². The Balaban J connectivity index is 1.78. The van der Waals surface area contributed by atoms with Gasteiger partial charge >= 0.3 is 5.97 Å². The summed E-state index contributed by atoms with van der Waals surface area (Å²) in [7, 11) is 1.50. The normalized spacial score (nSPS) is 20.0. The monoisotopic (exact) mass is 334 g/mol. The first-order valence-corrected chi connectivity index (χ1v) is 7.87. The number of hydrogen-bond donors (Lipinski definition) is 2. The van der Waals surface area contributed by atoms with Crippen LogP contribution < -0.4 is 5.32 Å². The molecule has 7 heteroatoms. The number of nitrogens with zero attached hydrogens (tertiary/aromatic N) is 1. The van der Waals surface area contributed by atoms with E-state index in [0.717, 1.165) is 5.56 Å². The summed E-state index contributed by atoms with van der Waals surface area (Å²) in [5, 5.41) is 11.9. The van der Waals surface area contributed by atoms with E-state index < -0.39 is 12.0 Å². The number of benzene rings is 1. The van der Waals surface area contributed by atoms with Gasteiger partial charge in [0, 0.05) is 33.0 Å². The lowest BCUT2D eigenvalue weighted by molar-refractivity contribution is -0.148. The summed E-state index contributed by atoms with van der Waals surface area (Å²) >= 11 is 0. The highest BCUT2D eigenvalue weighted by Crippen LogP contribution is 2.21. The molecule has 0 bridgehead atoms. The van der Waals surface area contributed by atoms with E-state index in [1.54, 1.807) is 0 Å². The SMILES string of the molecule is COC1CC(C(=O)O)N(C(=O)CCNC(=O)Cc2ccccc2)C1. The van der Waals surface area contributed by atoms with Crippen molar-refractivity contribution < 1.29 is 24.2 Å². The lowest BCUT2D eigenvalue weighted by atomic mass is 10.1. The van der Waals surface area contributed by atoms with Crippen LogP contribution in [0.15, 0.2) is 30.3 Å². The fourth-order valence-electron chi connectivity index (χ4n) is 2.77. The maximum atomic E-state index is 12.2. The van der Waals surface area contributed by atoms with Gasteiger partial charge in [0.1, 0.15) is 6.04 Å². The zero-order valence-electron chi connectivity index (χ0n) is 13.6. The molecule has 0 radical (unpaired) electrons. The van der Waals surface area contributed by atoms with Crippen LogP contribution in [0.5, 0.6) is 0 Å². The van der Waals surface area contributed by atoms with Gasteiger partial charge in [0.25, 0.3) is 0 Å². The van der Waals surface area contributed by atoms with Crippen molar-refractivity contribution in [3.05, 3.63) is 35.9 Å². The Kier molecular flexibility index (Phi) is 6.31. The molecule has 1 saturated heterocycles. The number of hydrogen-bond acceptors (Lipinski definition) is 4. The Morgan fingerprint density at radius 2 is 2.00 bits per heavy atom. The molecule has 24 heavy (non-hydrogen) atoms. The standard InChI is InChI=1S/C17H22N2O5/c1-24-13-10-14(17(22)23)19(11-13)16(21)7-8-18-15(20)9-12-5-3-2-4-6-12/h2-6,13-14H,7-11H2,1H3,(H,18,20)(H,22,23). The molecule has 0 aromatic heterocycles. The van der Waals surface area contributed by atoms with Crippen LogP contribution in [-0.2, 0) is 25.5 Å². The molecule has 7 nitrogen and oxygen atoms in total. The minimum atomic E-state index is -1.03. The zero-order chi connectivity index (χ0) is 17.5. The number of carbonyl (C=O) groups is 3. The van der Waals surface area contributed by atoms with Crippen molar-refractivity contribution >= 4 is 17.8 Å². The lowest BCUT2D eigenvalue weighted by Gasteiger charge is -2.21. The number of carbonyl (C=O) groups excluding carboxylic acids is 2. The van der Waals surface area contributed by atoms with Crippen molar-refractivity contribution in [1.82, 2.24) is 10.2 Å². The molecule has 1 aliphatic rings. The van der Waals surface area contributed by atoms with Gasteiger partial charge in [-0.1, -0.05) is 30.3 Å². The number of carboxylic acid groups (broad SMARTS) is 1. The topological polar surface area (TPSA) is 95.9 Å². The molecule has 2 N–H and O–H groups in total. The third-order valence-electron chi connectivity index (χ3n) is 4.07. The molecule has 1 aliphatic heterocycles. The molecular weight excluding hydrogens is 312 g/mol. The van der Waals surface area contributed by atoms with Crippen LogP contribution in [0.4, 0.5) is 0 Å². The summed E-state index contributed by atoms with van der Waals surface area (Å²) in [6.45, 7) is 0.454. The molecule has 0 saturated carbocycles. The quantitative estimate of drug-likeness (QED) is 0.754. The van der Waals surface area contributed by atoms with E-state index in [9.17, 15) is 19.5 Å². The number of amides is 2. The minimum Gasteiger partial charge on any atom is -0.480 e. The predicted octanol–water partition coefficient (Wildman–Crippen LogP) is 0.436. The second-order valence-corrected chi connectivity index (χ2v) is 5.76. The molecule has 1 aromatic rings. The Labute approximate surface area is 140 Å². The number of carboxylic acids is 1. The van der Waals surface area contributed by atoms with E-state index >= 15 is 0 Å². The average molecular weight is 334 g/mol. The third-order valence-corrected chi connectivity index (χ3v) is 4.07. The molecule has 1 aromatic carbocycles. The minimum absolute atomic E-state index is 0.0702. The first kappa shape index (κ1) is 17.9. The van der Waals surface area contributed by atoms with Crippen LogP contribution in [0.1, 0.15) is 18.4 Å². The van der Waals surface area contributed by atoms with Gasteiger partial charge in [-0.2, -0.15) is 0 Å². The van der Waals surface area contributed by atoms with E-state index in [4.69, 9.17) is 4.74 Å². The Morgan fingerprint density at radius 1 is 1.29 bits per heavy atom. The highest BCUT2D eigenvalue weighted by atomic mass is 16.5. The summed E-state index contributed by atoms with van der Waals surface area (Å²) in [5.41, 5.74) is 0.898. The predicted molar refractivity (Wildman–Crippen MR) is 86.3 cm³/mol. The molecule has 0 aliphatic carbocycles. The van der Waals surface area contributed by atoms with Gasteiger partial charge in [0.05, 0.1) is 12.5 Å². The summed E-state index contributed by atoms with van der Waals surface area (Å²) in [5.74, 6) is -1.49. The smallest absolute Gasteiger partial charge is 0.326 e. The van der Waals surface area contributed by atoms with Crippen molar-refractivity contribution in [3.63, 3.8) is 0 Å². The van der Waals surface area contributed by atoms with E-state index in [0.29, 0.717) is 0 Å². The van der Waals surface area contributed by atoms with Crippen molar-refractivity contribution in [1.29, 1.82) is 0 Å². The van der Waals surface area contributed by atoms with Crippen LogP contribution in [0.2, 0.25) is 0 Å². The fraction of sp³-hybridized carbons (Fsp3) is 0.471. The maximum Gasteiger partial charge on any atom is 0.326 e. The van der Waals surface area contributed by atoms with Gasteiger partial charge in [-0.15, -0.1) is 0 Å². The van der Waals surface area contributed by atoms with Crippen molar-refractivity contribution in [2.45, 2.75) is 31.4 Å². The van der Waals surface area contributed by atoms with Gasteiger partial charge in [-0.05, 0) is 5.56 Å². The first-order valence-electron chi connectivity index (χ1n) is 7.87. The van der Waals surface area contributed by atoms with Gasteiger partial charge in [-0.25, -0.2) is 4.79 Å². The van der Waals surface area contributed by atoms with Crippen molar-refractivity contribution in [3.8, 4) is 0 Å². The summed E-state index contributed by atoms with van der Waals surface area (Å²) < 4.78 is 5.15. The summed E-state index contributed by atoms with van der Waals surface area (Å²) in [6.07, 6.45) is 0.351. The average Bonchev–Trinajstić information content (AvgIpc) is 3.00. The molecule has 2 unspecified atom stereocenters. The van der Waals surface area contributed by atoms with Crippen LogP contribution in [0.3, 0.4) is 0 Å². The molecule has 2 rings (SSSR count). The number of likely N-dealkylation sites (tertiary alicyclic amines) is 1. The fourth-order valence-corrected chi connectivity index (χ4v) is 2.77. The Hall–Kier alpha value is -2.41. The van der Waals surface area contributed by atoms with E-state index in [2.05, 4.69) is 5.32 Å². The number of rotatable bonds is 7. The van der Waals surface area contributed by atoms with Crippen LogP contribution in [0, 0.1) is 0 Å². The van der Waals surface area contributed by atoms with Crippen LogP contribution in [-0.4, -0.2) is 60.1 Å². The molecule has 2 atom stereocenters. The first-order chi connectivity index (χ1) is 11.5. The van der Waals surface area contributed by atoms with Gasteiger partial charge in [0.15, 0.2) is 0 Å². The van der Waals surface area contributed by atoms with E-state index in [-0.39, 0.29) is 50.3 Å². The third kappa shape index (κ3) is 4.79. The lowest BCUT2D eigenvalue weighted by Crippen LogP contribution is -2.42. The molecule has 2 amide bonds. The van der Waals surface area contributed by atoms with Crippen molar-refractivity contribution in [2.75, 3.05) is 20.2 Å². The number of ether oxygens (including phenoxy) is 1. The van der Waals surface area contributed by atoms with Crippen LogP contribution >= 0.6 is 0 Å². The van der Waals surface area contributed by atoms with E-state index in [1.165, 1.54) is 12.0 Å². The largest absolute Gasteiger partial charge is 0.480 e. The second kappa shape index (κ2) is 8.44. The number of nitrogens with one attached hydrogen (secondary N) is 1. The van der Waals surface area contributed by atoms with Gasteiger partial charge < -0.3 is 20.1 Å². The molecule has 130 valence electrons. The second-order valence-electron chi connectivity index (χ2n) is 5.76. The summed E-state index contributed by atoms with van der Waals surface area (Å²) in [4.78, 5) is 36.6. The highest BCUT2D eigenvalue weighted by molar-refractivity contribution is 5.85. The van der Waals surface area contributed by atoms with Crippen molar-refractivity contribution in [2.24, 2.45) is 0 Å². The van der Waals surface area contributed by atoms with Gasteiger partial charge in [-0.3, -0.25) is 9.59 Å².